The molecule has 0 saturated carbocycles. The molecule has 0 aliphatic rings. The summed E-state index contributed by atoms with van der Waals surface area (Å²) in [6, 6.07) is 8.13. The van der Waals surface area contributed by atoms with Gasteiger partial charge in [0.15, 0.2) is 0 Å². The number of nitrogens with zero attached hydrogens (tertiary/aromatic N) is 2. The first-order chi connectivity index (χ1) is 8.63. The van der Waals surface area contributed by atoms with Gasteiger partial charge in [-0.2, -0.15) is 0 Å². The Kier molecular flexibility index (Phi) is 3.88. The molecule has 2 aromatic rings. The van der Waals surface area contributed by atoms with Crippen LogP contribution >= 0.6 is 11.3 Å². The summed E-state index contributed by atoms with van der Waals surface area (Å²) in [6.07, 6.45) is 1.13. The number of anilines is 2. The summed E-state index contributed by atoms with van der Waals surface area (Å²) < 4.78 is 0. The van der Waals surface area contributed by atoms with Gasteiger partial charge in [-0.05, 0) is 18.9 Å². The number of nitrogens with two attached hydrogens (primary N) is 1. The lowest BCUT2D eigenvalue weighted by atomic mass is 10.1. The largest absolute Gasteiger partial charge is 0.374 e. The van der Waals surface area contributed by atoms with Gasteiger partial charge < -0.3 is 11.1 Å². The van der Waals surface area contributed by atoms with E-state index in [1.807, 2.05) is 25.1 Å². The maximum absolute atomic E-state index is 11.7. The fraction of sp³-hybridized carbons (Fsp3) is 0.250. The number of hydrogen-bond acceptors (Lipinski definition) is 5. The molecule has 0 aliphatic carbocycles. The third kappa shape index (κ3) is 3.53. The topological polar surface area (TPSA) is 80.9 Å². The van der Waals surface area contributed by atoms with Crippen molar-refractivity contribution >= 4 is 27.5 Å². The number of hydrogen-bond donors (Lipinski definition) is 2. The predicted octanol–water partition coefficient (Wildman–Crippen LogP) is 2.00. The molecule has 3 N–H and O–H groups in total. The zero-order valence-corrected chi connectivity index (χ0v) is 10.8. The molecule has 18 heavy (non-hydrogen) atoms. The van der Waals surface area contributed by atoms with Crippen LogP contribution in [0.3, 0.4) is 0 Å². The molecule has 0 radical (unpaired) electrons. The lowest BCUT2D eigenvalue weighted by Crippen LogP contribution is -2.12. The molecule has 0 fully saturated rings. The third-order valence-corrected chi connectivity index (χ3v) is 3.08. The summed E-state index contributed by atoms with van der Waals surface area (Å²) in [7, 11) is 0. The van der Waals surface area contributed by atoms with Gasteiger partial charge >= 0.3 is 0 Å². The summed E-state index contributed by atoms with van der Waals surface area (Å²) in [5.74, 6) is -0.0762. The molecule has 0 saturated heterocycles. The number of nitrogens with one attached hydrogen (secondary N) is 1. The first kappa shape index (κ1) is 12.5. The molecule has 0 atom stereocenters. The van der Waals surface area contributed by atoms with Crippen LogP contribution in [-0.4, -0.2) is 16.1 Å². The quantitative estimate of drug-likeness (QED) is 0.883. The van der Waals surface area contributed by atoms with Crippen molar-refractivity contribution in [2.75, 3.05) is 11.1 Å². The second kappa shape index (κ2) is 5.59. The average molecular weight is 262 g/mol. The van der Waals surface area contributed by atoms with Gasteiger partial charge in [-0.25, -0.2) is 0 Å². The molecule has 1 heterocycles. The minimum absolute atomic E-state index is 0.0762. The molecule has 0 bridgehead atoms. The van der Waals surface area contributed by atoms with Crippen LogP contribution < -0.4 is 11.1 Å². The van der Waals surface area contributed by atoms with Gasteiger partial charge in [0, 0.05) is 6.42 Å². The molecule has 6 heteroatoms. The van der Waals surface area contributed by atoms with Crippen LogP contribution in [0.4, 0.5) is 10.3 Å². The van der Waals surface area contributed by atoms with Gasteiger partial charge in [0.25, 0.3) is 0 Å². The second-order valence-corrected chi connectivity index (χ2v) is 4.99. The molecule has 1 aromatic heterocycles. The van der Waals surface area contributed by atoms with Crippen LogP contribution in [0.1, 0.15) is 17.5 Å². The lowest BCUT2D eigenvalue weighted by Gasteiger charge is -2.02. The molecular weight excluding hydrogens is 248 g/mol. The first-order valence-corrected chi connectivity index (χ1v) is 6.39. The van der Waals surface area contributed by atoms with Crippen molar-refractivity contribution in [1.29, 1.82) is 0 Å². The molecule has 2 rings (SSSR count). The number of nitrogen functional groups attached to an aromatic ring is 1. The minimum Gasteiger partial charge on any atom is -0.374 e. The van der Waals surface area contributed by atoms with Crippen molar-refractivity contribution in [2.45, 2.75) is 19.8 Å². The Bertz CT molecular complexity index is 553. The first-order valence-electron chi connectivity index (χ1n) is 5.58. The highest BCUT2D eigenvalue weighted by atomic mass is 32.1. The summed E-state index contributed by atoms with van der Waals surface area (Å²) in [5, 5.41) is 10.8. The van der Waals surface area contributed by atoms with Gasteiger partial charge in [0.1, 0.15) is 0 Å². The van der Waals surface area contributed by atoms with Crippen molar-refractivity contribution in [1.82, 2.24) is 10.2 Å². The van der Waals surface area contributed by atoms with Crippen LogP contribution in [0.2, 0.25) is 0 Å². The van der Waals surface area contributed by atoms with Crippen molar-refractivity contribution in [3.63, 3.8) is 0 Å². The van der Waals surface area contributed by atoms with Gasteiger partial charge in [0.2, 0.25) is 16.2 Å². The Hall–Kier alpha value is -1.95. The van der Waals surface area contributed by atoms with Crippen LogP contribution in [-0.2, 0) is 11.2 Å². The zero-order valence-electron chi connectivity index (χ0n) is 10.0. The van der Waals surface area contributed by atoms with Crippen molar-refractivity contribution < 1.29 is 4.79 Å². The molecule has 1 amide bonds. The number of rotatable bonds is 4. The highest BCUT2D eigenvalue weighted by Gasteiger charge is 2.06. The standard InChI is InChI=1S/C12H14N4OS/c1-8-3-2-4-9(7-8)5-6-10(17)14-12-16-15-11(13)18-12/h2-4,7H,5-6H2,1H3,(H2,13,15)(H,14,16,17). The summed E-state index contributed by atoms with van der Waals surface area (Å²) in [6.45, 7) is 2.04. The van der Waals surface area contributed by atoms with E-state index in [9.17, 15) is 4.79 Å². The molecule has 94 valence electrons. The van der Waals surface area contributed by atoms with E-state index in [-0.39, 0.29) is 5.91 Å². The maximum Gasteiger partial charge on any atom is 0.226 e. The maximum atomic E-state index is 11.7. The zero-order chi connectivity index (χ0) is 13.0. The predicted molar refractivity (Wildman–Crippen MR) is 72.5 cm³/mol. The van der Waals surface area contributed by atoms with Crippen LogP contribution in [0.25, 0.3) is 0 Å². The van der Waals surface area contributed by atoms with E-state index in [0.717, 1.165) is 16.9 Å². The number of aromatic nitrogens is 2. The lowest BCUT2D eigenvalue weighted by molar-refractivity contribution is -0.116. The molecule has 0 aliphatic heterocycles. The number of aryl methyl sites for hydroxylation is 2. The Morgan fingerprint density at radius 2 is 2.28 bits per heavy atom. The molecule has 5 nitrogen and oxygen atoms in total. The highest BCUT2D eigenvalue weighted by Crippen LogP contribution is 2.16. The summed E-state index contributed by atoms with van der Waals surface area (Å²) in [4.78, 5) is 11.7. The van der Waals surface area contributed by atoms with Crippen LogP contribution in [0, 0.1) is 6.92 Å². The smallest absolute Gasteiger partial charge is 0.226 e. The van der Waals surface area contributed by atoms with E-state index in [0.29, 0.717) is 23.1 Å². The van der Waals surface area contributed by atoms with E-state index in [4.69, 9.17) is 5.73 Å². The summed E-state index contributed by atoms with van der Waals surface area (Å²) in [5.41, 5.74) is 7.78. The monoisotopic (exact) mass is 262 g/mol. The van der Waals surface area contributed by atoms with E-state index in [1.54, 1.807) is 0 Å². The minimum atomic E-state index is -0.0762. The molecule has 0 spiro atoms. The Morgan fingerprint density at radius 3 is 2.94 bits per heavy atom. The number of benzene rings is 1. The fourth-order valence-electron chi connectivity index (χ4n) is 1.59. The van der Waals surface area contributed by atoms with Gasteiger partial charge in [-0.3, -0.25) is 4.79 Å². The van der Waals surface area contributed by atoms with E-state index < -0.39 is 0 Å². The van der Waals surface area contributed by atoms with Gasteiger partial charge in [0.05, 0.1) is 0 Å². The number of carbonyl (C=O) groups is 1. The third-order valence-electron chi connectivity index (χ3n) is 2.41. The molecule has 1 aromatic carbocycles. The fourth-order valence-corrected chi connectivity index (χ4v) is 2.12. The van der Waals surface area contributed by atoms with E-state index >= 15 is 0 Å². The number of amides is 1. The summed E-state index contributed by atoms with van der Waals surface area (Å²) >= 11 is 1.16. The average Bonchev–Trinajstić information content (AvgIpc) is 2.72. The van der Waals surface area contributed by atoms with Crippen molar-refractivity contribution in [3.8, 4) is 0 Å². The van der Waals surface area contributed by atoms with Crippen LogP contribution in [0.15, 0.2) is 24.3 Å². The van der Waals surface area contributed by atoms with Crippen molar-refractivity contribution in [3.05, 3.63) is 35.4 Å². The molecular formula is C12H14N4OS. The Balaban J connectivity index is 1.85. The van der Waals surface area contributed by atoms with Gasteiger partial charge in [-0.15, -0.1) is 10.2 Å². The Labute approximate surface area is 109 Å². The number of carbonyl (C=O) groups excluding carboxylic acids is 1. The van der Waals surface area contributed by atoms with Crippen LogP contribution in [0.5, 0.6) is 0 Å². The highest BCUT2D eigenvalue weighted by molar-refractivity contribution is 7.18. The SMILES string of the molecule is Cc1cccc(CCC(=O)Nc2nnc(N)s2)c1. The van der Waals surface area contributed by atoms with Gasteiger partial charge in [-0.1, -0.05) is 41.2 Å². The second-order valence-electron chi connectivity index (χ2n) is 3.98. The van der Waals surface area contributed by atoms with E-state index in [2.05, 4.69) is 21.6 Å². The van der Waals surface area contributed by atoms with E-state index in [1.165, 1.54) is 5.56 Å². The normalized spacial score (nSPS) is 10.3. The Morgan fingerprint density at radius 1 is 1.44 bits per heavy atom. The molecule has 0 unspecified atom stereocenters. The van der Waals surface area contributed by atoms with Crippen molar-refractivity contribution in [2.24, 2.45) is 0 Å².